The lowest BCUT2D eigenvalue weighted by atomic mass is 10.1. The number of carbonyl (C=O) groups is 1. The maximum atomic E-state index is 11.8. The average Bonchev–Trinajstić information content (AvgIpc) is 2.61. The van der Waals surface area contributed by atoms with Gasteiger partial charge in [0, 0.05) is 34.9 Å². The summed E-state index contributed by atoms with van der Waals surface area (Å²) in [5, 5.41) is 11.9. The molecule has 4 nitrogen and oxygen atoms in total. The summed E-state index contributed by atoms with van der Waals surface area (Å²) in [6.45, 7) is 1.16. The maximum absolute atomic E-state index is 11.8. The van der Waals surface area contributed by atoms with Crippen molar-refractivity contribution >= 4 is 39.8 Å². The summed E-state index contributed by atoms with van der Waals surface area (Å²) in [6, 6.07) is 21.1. The van der Waals surface area contributed by atoms with Crippen LogP contribution in [0.1, 0.15) is 0 Å². The van der Waals surface area contributed by atoms with Crippen molar-refractivity contribution in [1.29, 1.82) is 0 Å². The number of rotatable bonds is 5. The Kier molecular flexibility index (Phi) is 5.18. The largest absolute Gasteiger partial charge is 0.383 e. The summed E-state index contributed by atoms with van der Waals surface area (Å²) in [5.74, 6) is 0. The van der Waals surface area contributed by atoms with Gasteiger partial charge in [0.25, 0.3) is 0 Å². The second-order valence-corrected chi connectivity index (χ2v) is 5.78. The van der Waals surface area contributed by atoms with E-state index in [0.29, 0.717) is 23.8 Å². The zero-order valence-corrected chi connectivity index (χ0v) is 13.8. The summed E-state index contributed by atoms with van der Waals surface area (Å²) in [7, 11) is 0. The Hall–Kier alpha value is -2.72. The minimum Gasteiger partial charge on any atom is -0.383 e. The molecule has 0 atom stereocenters. The van der Waals surface area contributed by atoms with Gasteiger partial charge in [0.2, 0.25) is 0 Å². The first-order chi connectivity index (χ1) is 11.7. The van der Waals surface area contributed by atoms with Crippen molar-refractivity contribution in [3.05, 3.63) is 71.8 Å². The Morgan fingerprint density at radius 1 is 0.875 bits per heavy atom. The molecule has 122 valence electrons. The van der Waals surface area contributed by atoms with E-state index in [2.05, 4.69) is 34.1 Å². The molecule has 0 saturated heterocycles. The number of hydrogen-bond donors (Lipinski definition) is 3. The third-order valence-electron chi connectivity index (χ3n) is 3.62. The first-order valence-electron chi connectivity index (χ1n) is 7.74. The fraction of sp³-hybridized carbons (Fsp3) is 0.105. The van der Waals surface area contributed by atoms with Gasteiger partial charge < -0.3 is 16.0 Å². The van der Waals surface area contributed by atoms with Crippen molar-refractivity contribution in [3.63, 3.8) is 0 Å². The first-order valence-corrected chi connectivity index (χ1v) is 8.12. The molecule has 0 unspecified atom stereocenters. The number of anilines is 2. The number of amides is 2. The predicted molar refractivity (Wildman–Crippen MR) is 101 cm³/mol. The van der Waals surface area contributed by atoms with Gasteiger partial charge in [0.15, 0.2) is 0 Å². The maximum Gasteiger partial charge on any atom is 0.319 e. The van der Waals surface area contributed by atoms with Gasteiger partial charge in [-0.2, -0.15) is 0 Å². The predicted octanol–water partition coefficient (Wildman–Crippen LogP) is 4.73. The van der Waals surface area contributed by atoms with Crippen LogP contribution in [0, 0.1) is 0 Å². The number of nitrogens with one attached hydrogen (secondary N) is 3. The lowest BCUT2D eigenvalue weighted by Crippen LogP contribution is -2.32. The van der Waals surface area contributed by atoms with Gasteiger partial charge in [-0.25, -0.2) is 4.79 Å². The molecule has 0 heterocycles. The van der Waals surface area contributed by atoms with E-state index in [1.807, 2.05) is 24.3 Å². The average molecular weight is 340 g/mol. The van der Waals surface area contributed by atoms with Gasteiger partial charge in [-0.05, 0) is 35.7 Å². The van der Waals surface area contributed by atoms with E-state index >= 15 is 0 Å². The third-order valence-corrected chi connectivity index (χ3v) is 3.87. The van der Waals surface area contributed by atoms with Crippen LogP contribution in [0.25, 0.3) is 10.8 Å². The van der Waals surface area contributed by atoms with Gasteiger partial charge >= 0.3 is 6.03 Å². The first kappa shape index (κ1) is 16.1. The van der Waals surface area contributed by atoms with Crippen LogP contribution in [0.2, 0.25) is 5.02 Å². The minimum absolute atomic E-state index is 0.239. The molecule has 3 rings (SSSR count). The summed E-state index contributed by atoms with van der Waals surface area (Å²) in [5.41, 5.74) is 1.77. The second kappa shape index (κ2) is 7.70. The molecule has 2 amide bonds. The molecule has 24 heavy (non-hydrogen) atoms. The third kappa shape index (κ3) is 4.18. The van der Waals surface area contributed by atoms with Gasteiger partial charge in [0.05, 0.1) is 0 Å². The molecule has 0 aromatic heterocycles. The molecule has 3 aromatic rings. The van der Waals surface area contributed by atoms with Crippen LogP contribution in [-0.4, -0.2) is 19.1 Å². The minimum atomic E-state index is -0.239. The molecular weight excluding hydrogens is 322 g/mol. The van der Waals surface area contributed by atoms with E-state index < -0.39 is 0 Å². The Balaban J connectivity index is 1.48. The molecule has 0 saturated carbocycles. The number of carbonyl (C=O) groups excluding carboxylic acids is 1. The lowest BCUT2D eigenvalue weighted by Gasteiger charge is -2.11. The number of fused-ring (bicyclic) bond motifs is 1. The number of benzene rings is 3. The molecule has 5 heteroatoms. The van der Waals surface area contributed by atoms with Crippen LogP contribution in [0.5, 0.6) is 0 Å². The highest BCUT2D eigenvalue weighted by Gasteiger charge is 2.02. The lowest BCUT2D eigenvalue weighted by molar-refractivity contribution is 0.252. The van der Waals surface area contributed by atoms with Crippen molar-refractivity contribution in [2.75, 3.05) is 23.7 Å². The highest BCUT2D eigenvalue weighted by molar-refractivity contribution is 6.30. The molecule has 0 aliphatic rings. The van der Waals surface area contributed by atoms with Crippen LogP contribution >= 0.6 is 11.6 Å². The number of urea groups is 1. The van der Waals surface area contributed by atoms with Crippen LogP contribution in [0.15, 0.2) is 66.7 Å². The summed E-state index contributed by atoms with van der Waals surface area (Å²) >= 11 is 5.81. The smallest absolute Gasteiger partial charge is 0.319 e. The van der Waals surface area contributed by atoms with E-state index in [4.69, 9.17) is 11.6 Å². The van der Waals surface area contributed by atoms with Crippen LogP contribution in [0.3, 0.4) is 0 Å². The van der Waals surface area contributed by atoms with Crippen molar-refractivity contribution in [3.8, 4) is 0 Å². The molecular formula is C19H18ClN3O. The van der Waals surface area contributed by atoms with Crippen molar-refractivity contribution in [2.24, 2.45) is 0 Å². The topological polar surface area (TPSA) is 53.2 Å². The highest BCUT2D eigenvalue weighted by Crippen LogP contribution is 2.22. The van der Waals surface area contributed by atoms with Gasteiger partial charge in [-0.3, -0.25) is 0 Å². The van der Waals surface area contributed by atoms with Gasteiger partial charge in [0.1, 0.15) is 0 Å². The number of halogens is 1. The van der Waals surface area contributed by atoms with E-state index in [1.165, 1.54) is 10.8 Å². The molecule has 0 spiro atoms. The quantitative estimate of drug-likeness (QED) is 0.589. The Bertz CT molecular complexity index is 828. The Morgan fingerprint density at radius 3 is 2.46 bits per heavy atom. The van der Waals surface area contributed by atoms with Crippen molar-refractivity contribution in [1.82, 2.24) is 5.32 Å². The second-order valence-electron chi connectivity index (χ2n) is 5.34. The summed E-state index contributed by atoms with van der Waals surface area (Å²) in [6.07, 6.45) is 0. The van der Waals surface area contributed by atoms with Gasteiger partial charge in [-0.1, -0.05) is 48.0 Å². The molecule has 3 aromatic carbocycles. The molecule has 0 aliphatic carbocycles. The van der Waals surface area contributed by atoms with E-state index in [-0.39, 0.29) is 6.03 Å². The van der Waals surface area contributed by atoms with Crippen LogP contribution in [0.4, 0.5) is 16.2 Å². The molecule has 0 radical (unpaired) electrons. The standard InChI is InChI=1S/C19H18ClN3O/c20-15-8-10-16(11-9-15)23-19(24)22-13-12-21-18-7-3-5-14-4-1-2-6-17(14)18/h1-11,21H,12-13H2,(H2,22,23,24). The van der Waals surface area contributed by atoms with Crippen LogP contribution in [-0.2, 0) is 0 Å². The van der Waals surface area contributed by atoms with Crippen LogP contribution < -0.4 is 16.0 Å². The number of hydrogen-bond acceptors (Lipinski definition) is 2. The molecule has 0 bridgehead atoms. The highest BCUT2D eigenvalue weighted by atomic mass is 35.5. The Labute approximate surface area is 145 Å². The van der Waals surface area contributed by atoms with Gasteiger partial charge in [-0.15, -0.1) is 0 Å². The fourth-order valence-electron chi connectivity index (χ4n) is 2.46. The van der Waals surface area contributed by atoms with Crippen molar-refractivity contribution in [2.45, 2.75) is 0 Å². The normalized spacial score (nSPS) is 10.4. The molecule has 3 N–H and O–H groups in total. The van der Waals surface area contributed by atoms with Crippen molar-refractivity contribution < 1.29 is 4.79 Å². The zero-order valence-electron chi connectivity index (χ0n) is 13.1. The molecule has 0 aliphatic heterocycles. The Morgan fingerprint density at radius 2 is 1.62 bits per heavy atom. The zero-order chi connectivity index (χ0) is 16.8. The molecule has 0 fully saturated rings. The van der Waals surface area contributed by atoms with E-state index in [9.17, 15) is 4.79 Å². The fourth-order valence-corrected chi connectivity index (χ4v) is 2.59. The summed E-state index contributed by atoms with van der Waals surface area (Å²) < 4.78 is 0. The SMILES string of the molecule is O=C(NCCNc1cccc2ccccc12)Nc1ccc(Cl)cc1. The summed E-state index contributed by atoms with van der Waals surface area (Å²) in [4.78, 5) is 11.8. The van der Waals surface area contributed by atoms with E-state index in [0.717, 1.165) is 5.69 Å². The monoisotopic (exact) mass is 339 g/mol. The van der Waals surface area contributed by atoms with E-state index in [1.54, 1.807) is 24.3 Å².